The van der Waals surface area contributed by atoms with Gasteiger partial charge in [0.1, 0.15) is 6.10 Å². The largest absolute Gasteiger partial charge is 0.453 e. The minimum atomic E-state index is -0.431. The molecule has 0 N–H and O–H groups in total. The second kappa shape index (κ2) is 5.40. The summed E-state index contributed by atoms with van der Waals surface area (Å²) in [6.07, 6.45) is -0.122. The Labute approximate surface area is 138 Å². The van der Waals surface area contributed by atoms with Crippen molar-refractivity contribution in [3.8, 4) is 0 Å². The Morgan fingerprint density at radius 2 is 2.14 bits per heavy atom. The van der Waals surface area contributed by atoms with E-state index in [0.717, 1.165) is 10.6 Å². The lowest BCUT2D eigenvalue weighted by Crippen LogP contribution is -2.53. The van der Waals surface area contributed by atoms with Gasteiger partial charge in [0.25, 0.3) is 0 Å². The molecule has 112 valence electrons. The molecule has 1 aliphatic heterocycles. The second-order valence-corrected chi connectivity index (χ2v) is 6.79. The molecule has 5 nitrogen and oxygen atoms in total. The monoisotopic (exact) mass is 378 g/mol. The average Bonchev–Trinajstić information content (AvgIpc) is 3.07. The molecule has 0 amide bonds. The van der Waals surface area contributed by atoms with Crippen molar-refractivity contribution in [2.24, 2.45) is 0 Å². The number of hydrogen-bond acceptors (Lipinski definition) is 6. The Balaban J connectivity index is 1.38. The summed E-state index contributed by atoms with van der Waals surface area (Å²) in [6, 6.07) is 11.3. The molecule has 0 bridgehead atoms. The molecule has 0 saturated carbocycles. The van der Waals surface area contributed by atoms with Gasteiger partial charge < -0.3 is 14.1 Å². The molecule has 3 aromatic rings. The maximum Gasteiger partial charge on any atom is 0.374 e. The summed E-state index contributed by atoms with van der Waals surface area (Å²) < 4.78 is 12.3. The molecule has 1 aromatic carbocycles. The zero-order valence-corrected chi connectivity index (χ0v) is 13.8. The van der Waals surface area contributed by atoms with Gasteiger partial charge in [0.15, 0.2) is 9.80 Å². The fraction of sp³-hybridized carbons (Fsp3) is 0.200. The molecule has 4 rings (SSSR count). The highest BCUT2D eigenvalue weighted by Crippen LogP contribution is 2.32. The Morgan fingerprint density at radius 3 is 2.86 bits per heavy atom. The van der Waals surface area contributed by atoms with Crippen LogP contribution in [0.4, 0.5) is 5.13 Å². The smallest absolute Gasteiger partial charge is 0.374 e. The van der Waals surface area contributed by atoms with E-state index < -0.39 is 5.97 Å². The number of esters is 1. The van der Waals surface area contributed by atoms with E-state index in [-0.39, 0.29) is 11.9 Å². The fourth-order valence-electron chi connectivity index (χ4n) is 2.30. The standard InChI is InChI=1S/C15H11BrN2O3S/c16-13-6-5-11(21-13)14(19)20-9-7-18(8-9)15-17-10-3-1-2-4-12(10)22-15/h1-6,9H,7-8H2. The molecular weight excluding hydrogens is 368 g/mol. The first-order valence-electron chi connectivity index (χ1n) is 6.76. The summed E-state index contributed by atoms with van der Waals surface area (Å²) in [4.78, 5) is 18.6. The van der Waals surface area contributed by atoms with Crippen LogP contribution in [0, 0.1) is 0 Å². The normalized spacial score (nSPS) is 15.0. The lowest BCUT2D eigenvalue weighted by Gasteiger charge is -2.37. The number of halogens is 1. The number of carbonyl (C=O) groups is 1. The van der Waals surface area contributed by atoms with Gasteiger partial charge in [0.2, 0.25) is 5.76 Å². The number of rotatable bonds is 3. The first-order chi connectivity index (χ1) is 10.7. The van der Waals surface area contributed by atoms with Crippen LogP contribution in [-0.4, -0.2) is 30.1 Å². The summed E-state index contributed by atoms with van der Waals surface area (Å²) in [6.45, 7) is 1.32. The van der Waals surface area contributed by atoms with Crippen molar-refractivity contribution in [1.29, 1.82) is 0 Å². The Morgan fingerprint density at radius 1 is 1.32 bits per heavy atom. The molecule has 1 aliphatic rings. The summed E-state index contributed by atoms with van der Waals surface area (Å²) in [5.74, 6) is -0.218. The molecule has 22 heavy (non-hydrogen) atoms. The van der Waals surface area contributed by atoms with E-state index in [1.165, 1.54) is 4.70 Å². The number of fused-ring (bicyclic) bond motifs is 1. The number of aromatic nitrogens is 1. The van der Waals surface area contributed by atoms with Gasteiger partial charge in [0, 0.05) is 0 Å². The van der Waals surface area contributed by atoms with Crippen LogP contribution < -0.4 is 4.90 Å². The van der Waals surface area contributed by atoms with Gasteiger partial charge in [0.05, 0.1) is 23.3 Å². The number of thiazole rings is 1. The van der Waals surface area contributed by atoms with Crippen LogP contribution in [-0.2, 0) is 4.74 Å². The number of nitrogens with zero attached hydrogens (tertiary/aromatic N) is 2. The van der Waals surface area contributed by atoms with E-state index in [2.05, 4.69) is 31.9 Å². The minimum absolute atomic E-state index is 0.122. The Kier molecular flexibility index (Phi) is 3.38. The first-order valence-corrected chi connectivity index (χ1v) is 8.37. The molecule has 2 aromatic heterocycles. The maximum absolute atomic E-state index is 11.9. The van der Waals surface area contributed by atoms with E-state index in [9.17, 15) is 4.79 Å². The van der Waals surface area contributed by atoms with Crippen molar-refractivity contribution < 1.29 is 13.9 Å². The highest BCUT2D eigenvalue weighted by Gasteiger charge is 2.33. The van der Waals surface area contributed by atoms with Crippen LogP contribution in [0.1, 0.15) is 10.6 Å². The molecule has 0 unspecified atom stereocenters. The van der Waals surface area contributed by atoms with E-state index in [1.807, 2.05) is 18.2 Å². The number of benzene rings is 1. The molecule has 1 saturated heterocycles. The Hall–Kier alpha value is -1.86. The summed E-state index contributed by atoms with van der Waals surface area (Å²) >= 11 is 4.82. The van der Waals surface area contributed by atoms with Gasteiger partial charge in [-0.25, -0.2) is 9.78 Å². The fourth-order valence-corrected chi connectivity index (χ4v) is 3.59. The van der Waals surface area contributed by atoms with Crippen molar-refractivity contribution in [2.45, 2.75) is 6.10 Å². The molecule has 0 aliphatic carbocycles. The van der Waals surface area contributed by atoms with E-state index in [1.54, 1.807) is 23.5 Å². The number of furan rings is 1. The van der Waals surface area contributed by atoms with Crippen molar-refractivity contribution >= 4 is 48.6 Å². The third-order valence-electron chi connectivity index (χ3n) is 3.45. The lowest BCUT2D eigenvalue weighted by molar-refractivity contribution is 0.0198. The SMILES string of the molecule is O=C(OC1CN(c2nc3ccccc3s2)C1)c1ccc(Br)o1. The average molecular weight is 379 g/mol. The minimum Gasteiger partial charge on any atom is -0.453 e. The van der Waals surface area contributed by atoms with Crippen molar-refractivity contribution in [3.63, 3.8) is 0 Å². The number of hydrogen-bond donors (Lipinski definition) is 0. The van der Waals surface area contributed by atoms with Crippen LogP contribution in [0.5, 0.6) is 0 Å². The van der Waals surface area contributed by atoms with Crippen LogP contribution in [0.3, 0.4) is 0 Å². The highest BCUT2D eigenvalue weighted by atomic mass is 79.9. The number of anilines is 1. The highest BCUT2D eigenvalue weighted by molar-refractivity contribution is 9.10. The van der Waals surface area contributed by atoms with Crippen LogP contribution in [0.15, 0.2) is 45.5 Å². The predicted molar refractivity (Wildman–Crippen MR) is 87.4 cm³/mol. The van der Waals surface area contributed by atoms with Crippen molar-refractivity contribution in [2.75, 3.05) is 18.0 Å². The van der Waals surface area contributed by atoms with E-state index in [4.69, 9.17) is 9.15 Å². The van der Waals surface area contributed by atoms with Crippen molar-refractivity contribution in [1.82, 2.24) is 4.98 Å². The third kappa shape index (κ3) is 2.50. The Bertz CT molecular complexity index is 805. The summed E-state index contributed by atoms with van der Waals surface area (Å²) in [5.41, 5.74) is 1.00. The summed E-state index contributed by atoms with van der Waals surface area (Å²) in [7, 11) is 0. The van der Waals surface area contributed by atoms with E-state index in [0.29, 0.717) is 17.8 Å². The van der Waals surface area contributed by atoms with Gasteiger partial charge in [-0.3, -0.25) is 0 Å². The molecular formula is C15H11BrN2O3S. The molecule has 7 heteroatoms. The zero-order chi connectivity index (χ0) is 15.1. The second-order valence-electron chi connectivity index (χ2n) is 5.00. The number of carbonyl (C=O) groups excluding carboxylic acids is 1. The van der Waals surface area contributed by atoms with Crippen LogP contribution in [0.25, 0.3) is 10.2 Å². The van der Waals surface area contributed by atoms with Crippen LogP contribution >= 0.6 is 27.3 Å². The number of para-hydroxylation sites is 1. The number of ether oxygens (including phenoxy) is 1. The molecule has 0 spiro atoms. The van der Waals surface area contributed by atoms with Gasteiger partial charge in [-0.1, -0.05) is 23.5 Å². The quantitative estimate of drug-likeness (QED) is 0.650. The van der Waals surface area contributed by atoms with Gasteiger partial charge in [-0.15, -0.1) is 0 Å². The molecule has 0 radical (unpaired) electrons. The topological polar surface area (TPSA) is 55.6 Å². The lowest BCUT2D eigenvalue weighted by atomic mass is 10.2. The maximum atomic E-state index is 11.9. The first kappa shape index (κ1) is 13.8. The van der Waals surface area contributed by atoms with Crippen molar-refractivity contribution in [3.05, 3.63) is 46.8 Å². The zero-order valence-electron chi connectivity index (χ0n) is 11.4. The van der Waals surface area contributed by atoms with Gasteiger partial charge in [-0.05, 0) is 40.2 Å². The molecule has 3 heterocycles. The predicted octanol–water partition coefficient (Wildman–Crippen LogP) is 3.70. The molecule has 1 fully saturated rings. The summed E-state index contributed by atoms with van der Waals surface area (Å²) in [5, 5.41) is 0.967. The van der Waals surface area contributed by atoms with Gasteiger partial charge >= 0.3 is 5.97 Å². The van der Waals surface area contributed by atoms with E-state index >= 15 is 0 Å². The third-order valence-corrected chi connectivity index (χ3v) is 4.97. The van der Waals surface area contributed by atoms with Crippen LogP contribution in [0.2, 0.25) is 0 Å². The molecule has 0 atom stereocenters. The van der Waals surface area contributed by atoms with Gasteiger partial charge in [-0.2, -0.15) is 0 Å².